The molecule has 0 rings (SSSR count). The fourth-order valence-corrected chi connectivity index (χ4v) is 0.520. The molecule has 1 atom stereocenters. The van der Waals surface area contributed by atoms with Crippen molar-refractivity contribution in [2.75, 3.05) is 13.2 Å². The van der Waals surface area contributed by atoms with E-state index in [1.807, 2.05) is 6.07 Å². The summed E-state index contributed by atoms with van der Waals surface area (Å²) in [4.78, 5) is 0. The normalized spacial score (nSPS) is 12.5. The van der Waals surface area contributed by atoms with Crippen LogP contribution in [-0.4, -0.2) is 13.2 Å². The van der Waals surface area contributed by atoms with Crippen molar-refractivity contribution in [3.63, 3.8) is 0 Å². The lowest BCUT2D eigenvalue weighted by molar-refractivity contribution is 0.108. The molecule has 2 nitrogen and oxygen atoms in total. The van der Waals surface area contributed by atoms with Gasteiger partial charge in [0, 0.05) is 6.61 Å². The molecule has 0 heterocycles. The topological polar surface area (TPSA) is 33.0 Å². The van der Waals surface area contributed by atoms with E-state index in [0.29, 0.717) is 18.9 Å². The molecule has 1 unspecified atom stereocenters. The lowest BCUT2D eigenvalue weighted by Crippen LogP contribution is -2.04. The maximum absolute atomic E-state index is 8.16. The number of nitriles is 1. The summed E-state index contributed by atoms with van der Waals surface area (Å²) in [6.07, 6.45) is 1.66. The standard InChI is InChI=1S/C8H15NO/c1-3-8(2)7-10-6-4-5-9/h8H,3-4,6-7H2,1-2H3. The van der Waals surface area contributed by atoms with E-state index in [1.54, 1.807) is 0 Å². The second-order valence-electron chi connectivity index (χ2n) is 2.50. The Hall–Kier alpha value is -0.550. The summed E-state index contributed by atoms with van der Waals surface area (Å²) in [6.45, 7) is 5.66. The minimum absolute atomic E-state index is 0.510. The zero-order valence-electron chi connectivity index (χ0n) is 6.76. The Bertz CT molecular complexity index is 106. The van der Waals surface area contributed by atoms with Gasteiger partial charge >= 0.3 is 0 Å². The molecule has 0 aromatic rings. The first-order valence-corrected chi connectivity index (χ1v) is 3.76. The molecule has 58 valence electrons. The molecule has 0 aliphatic rings. The van der Waals surface area contributed by atoms with E-state index in [-0.39, 0.29) is 0 Å². The van der Waals surface area contributed by atoms with E-state index in [0.717, 1.165) is 13.0 Å². The van der Waals surface area contributed by atoms with Gasteiger partial charge in [-0.05, 0) is 5.92 Å². The molecule has 0 fully saturated rings. The highest BCUT2D eigenvalue weighted by molar-refractivity contribution is 4.67. The highest BCUT2D eigenvalue weighted by atomic mass is 16.5. The molecular weight excluding hydrogens is 126 g/mol. The lowest BCUT2D eigenvalue weighted by Gasteiger charge is -2.06. The summed E-state index contributed by atoms with van der Waals surface area (Å²) < 4.78 is 5.20. The van der Waals surface area contributed by atoms with Crippen molar-refractivity contribution in [3.05, 3.63) is 0 Å². The van der Waals surface area contributed by atoms with Crippen LogP contribution in [0.2, 0.25) is 0 Å². The van der Waals surface area contributed by atoms with Gasteiger partial charge in [-0.3, -0.25) is 0 Å². The average Bonchev–Trinajstić information content (AvgIpc) is 1.98. The maximum atomic E-state index is 8.16. The number of rotatable bonds is 5. The third-order valence-corrected chi connectivity index (χ3v) is 1.46. The molecule has 2 heteroatoms. The number of hydrogen-bond donors (Lipinski definition) is 0. The number of nitrogens with zero attached hydrogens (tertiary/aromatic N) is 1. The molecule has 0 amide bonds. The third kappa shape index (κ3) is 5.58. The summed E-state index contributed by atoms with van der Waals surface area (Å²) in [5.74, 6) is 0.624. The van der Waals surface area contributed by atoms with Gasteiger partial charge < -0.3 is 4.74 Å². The number of ether oxygens (including phenoxy) is 1. The van der Waals surface area contributed by atoms with Crippen LogP contribution < -0.4 is 0 Å². The van der Waals surface area contributed by atoms with E-state index >= 15 is 0 Å². The zero-order chi connectivity index (χ0) is 7.82. The molecule has 0 bridgehead atoms. The summed E-state index contributed by atoms with van der Waals surface area (Å²) in [6, 6.07) is 2.03. The number of hydrogen-bond acceptors (Lipinski definition) is 2. The van der Waals surface area contributed by atoms with Crippen LogP contribution in [0.1, 0.15) is 26.7 Å². The monoisotopic (exact) mass is 141 g/mol. The molecule has 0 spiro atoms. The summed E-state index contributed by atoms with van der Waals surface area (Å²) in [5.41, 5.74) is 0. The third-order valence-electron chi connectivity index (χ3n) is 1.46. The zero-order valence-corrected chi connectivity index (χ0v) is 6.76. The van der Waals surface area contributed by atoms with Crippen molar-refractivity contribution in [1.29, 1.82) is 5.26 Å². The van der Waals surface area contributed by atoms with Crippen LogP contribution in [0.15, 0.2) is 0 Å². The van der Waals surface area contributed by atoms with Gasteiger partial charge in [-0.2, -0.15) is 5.26 Å². The van der Waals surface area contributed by atoms with Crippen LogP contribution >= 0.6 is 0 Å². The van der Waals surface area contributed by atoms with E-state index in [1.165, 1.54) is 0 Å². The summed E-state index contributed by atoms with van der Waals surface area (Å²) in [5, 5.41) is 8.16. The molecule has 10 heavy (non-hydrogen) atoms. The average molecular weight is 141 g/mol. The largest absolute Gasteiger partial charge is 0.380 e. The Morgan fingerprint density at radius 1 is 1.60 bits per heavy atom. The fourth-order valence-electron chi connectivity index (χ4n) is 0.520. The van der Waals surface area contributed by atoms with Gasteiger partial charge in [-0.1, -0.05) is 20.3 Å². The molecule has 0 saturated heterocycles. The Labute approximate surface area is 62.8 Å². The molecule has 0 aliphatic carbocycles. The minimum atomic E-state index is 0.510. The van der Waals surface area contributed by atoms with E-state index in [4.69, 9.17) is 10.00 Å². The van der Waals surface area contributed by atoms with Crippen LogP contribution in [0, 0.1) is 17.2 Å². The molecule has 0 aromatic heterocycles. The van der Waals surface area contributed by atoms with E-state index < -0.39 is 0 Å². The maximum Gasteiger partial charge on any atom is 0.0645 e. The molecule has 0 N–H and O–H groups in total. The van der Waals surface area contributed by atoms with Gasteiger partial charge in [0.05, 0.1) is 19.1 Å². The summed E-state index contributed by atoms with van der Waals surface area (Å²) in [7, 11) is 0. The molecule has 0 aromatic carbocycles. The Morgan fingerprint density at radius 2 is 2.30 bits per heavy atom. The van der Waals surface area contributed by atoms with Gasteiger partial charge in [0.15, 0.2) is 0 Å². The van der Waals surface area contributed by atoms with Crippen LogP contribution in [0.5, 0.6) is 0 Å². The SMILES string of the molecule is CCC(C)COCCC#N. The lowest BCUT2D eigenvalue weighted by atomic mass is 10.1. The van der Waals surface area contributed by atoms with Crippen molar-refractivity contribution in [3.8, 4) is 6.07 Å². The van der Waals surface area contributed by atoms with E-state index in [9.17, 15) is 0 Å². The fraction of sp³-hybridized carbons (Fsp3) is 0.875. The van der Waals surface area contributed by atoms with Crippen LogP contribution in [-0.2, 0) is 4.74 Å². The predicted molar refractivity (Wildman–Crippen MR) is 40.5 cm³/mol. The first-order chi connectivity index (χ1) is 4.81. The Morgan fingerprint density at radius 3 is 2.80 bits per heavy atom. The van der Waals surface area contributed by atoms with Gasteiger partial charge in [0.25, 0.3) is 0 Å². The van der Waals surface area contributed by atoms with Gasteiger partial charge in [0.1, 0.15) is 0 Å². The summed E-state index contributed by atoms with van der Waals surface area (Å²) >= 11 is 0. The van der Waals surface area contributed by atoms with Gasteiger partial charge in [0.2, 0.25) is 0 Å². The predicted octanol–water partition coefficient (Wildman–Crippen LogP) is 1.96. The van der Waals surface area contributed by atoms with Crippen LogP contribution in [0.25, 0.3) is 0 Å². The molecule has 0 aliphatic heterocycles. The molecular formula is C8H15NO. The van der Waals surface area contributed by atoms with Crippen molar-refractivity contribution < 1.29 is 4.74 Å². The first-order valence-electron chi connectivity index (χ1n) is 3.76. The van der Waals surface area contributed by atoms with Crippen molar-refractivity contribution in [2.45, 2.75) is 26.7 Å². The van der Waals surface area contributed by atoms with Gasteiger partial charge in [-0.25, -0.2) is 0 Å². The van der Waals surface area contributed by atoms with Crippen LogP contribution in [0.4, 0.5) is 0 Å². The minimum Gasteiger partial charge on any atom is -0.380 e. The second kappa shape index (κ2) is 6.57. The van der Waals surface area contributed by atoms with Gasteiger partial charge in [-0.15, -0.1) is 0 Å². The smallest absolute Gasteiger partial charge is 0.0645 e. The highest BCUT2D eigenvalue weighted by Gasteiger charge is 1.96. The first kappa shape index (κ1) is 9.45. The Balaban J connectivity index is 2.98. The highest BCUT2D eigenvalue weighted by Crippen LogP contribution is 2.00. The van der Waals surface area contributed by atoms with E-state index in [2.05, 4.69) is 13.8 Å². The quantitative estimate of drug-likeness (QED) is 0.548. The van der Waals surface area contributed by atoms with Crippen molar-refractivity contribution in [2.24, 2.45) is 5.92 Å². The Kier molecular flexibility index (Phi) is 6.21. The second-order valence-corrected chi connectivity index (χ2v) is 2.50. The van der Waals surface area contributed by atoms with Crippen molar-refractivity contribution in [1.82, 2.24) is 0 Å². The van der Waals surface area contributed by atoms with Crippen molar-refractivity contribution >= 4 is 0 Å². The van der Waals surface area contributed by atoms with Crippen LogP contribution in [0.3, 0.4) is 0 Å². The molecule has 0 radical (unpaired) electrons. The molecule has 0 saturated carbocycles.